The van der Waals surface area contributed by atoms with Crippen molar-refractivity contribution in [1.29, 1.82) is 0 Å². The molecule has 7 N–H and O–H groups in total. The van der Waals surface area contributed by atoms with Crippen LogP contribution in [0.5, 0.6) is 0 Å². The molecule has 0 atom stereocenters. The molecule has 0 radical (unpaired) electrons. The first-order valence-corrected chi connectivity index (χ1v) is 6.60. The number of amides is 1. The molecule has 1 aromatic heterocycles. The van der Waals surface area contributed by atoms with Crippen LogP contribution in [0.4, 0.5) is 17.3 Å². The molecule has 0 saturated carbocycles. The molecule has 0 unspecified atom stereocenters. The molecule has 1 amide bonds. The Labute approximate surface area is 114 Å². The van der Waals surface area contributed by atoms with E-state index in [9.17, 15) is 4.79 Å². The van der Waals surface area contributed by atoms with Crippen molar-refractivity contribution in [3.63, 3.8) is 0 Å². The van der Waals surface area contributed by atoms with Crippen molar-refractivity contribution >= 4 is 35.0 Å². The number of carbonyl (C=O) groups is 1. The Morgan fingerprint density at radius 3 is 2.42 bits per heavy atom. The fourth-order valence-electron chi connectivity index (χ4n) is 1.46. The second kappa shape index (κ2) is 6.05. The topological polar surface area (TPSA) is 109 Å². The van der Waals surface area contributed by atoms with E-state index >= 15 is 0 Å². The minimum Gasteiger partial charge on any atom is -0.359 e. The van der Waals surface area contributed by atoms with Crippen LogP contribution in [0.25, 0.3) is 0 Å². The first-order chi connectivity index (χ1) is 9.13. The molecule has 1 aromatic carbocycles. The number of nitrogen functional groups attached to an aromatic ring is 2. The number of para-hydroxylation sites is 1. The van der Waals surface area contributed by atoms with Crippen LogP contribution < -0.4 is 26.8 Å². The Morgan fingerprint density at radius 2 is 1.79 bits per heavy atom. The molecule has 6 nitrogen and oxygen atoms in total. The van der Waals surface area contributed by atoms with Gasteiger partial charge >= 0.3 is 11.0 Å². The Kier molecular flexibility index (Phi) is 4.19. The van der Waals surface area contributed by atoms with E-state index in [4.69, 9.17) is 11.5 Å². The monoisotopic (exact) mass is 277 g/mol. The highest BCUT2D eigenvalue weighted by Gasteiger charge is 2.13. The second-order valence-corrected chi connectivity index (χ2v) is 4.82. The van der Waals surface area contributed by atoms with E-state index in [-0.39, 0.29) is 11.7 Å². The van der Waals surface area contributed by atoms with Crippen LogP contribution in [-0.2, 0) is 4.79 Å². The van der Waals surface area contributed by atoms with Crippen LogP contribution in [0.2, 0.25) is 0 Å². The van der Waals surface area contributed by atoms with Gasteiger partial charge in [0.2, 0.25) is 11.7 Å². The lowest BCUT2D eigenvalue weighted by atomic mass is 10.3. The summed E-state index contributed by atoms with van der Waals surface area (Å²) in [7, 11) is 0. The van der Waals surface area contributed by atoms with Crippen LogP contribution in [0.15, 0.2) is 41.6 Å². The lowest BCUT2D eigenvalue weighted by Gasteiger charge is -2.02. The molecule has 0 aliphatic carbocycles. The number of carbonyl (C=O) groups excluding carboxylic acids is 1. The van der Waals surface area contributed by atoms with Gasteiger partial charge in [-0.25, -0.2) is 0 Å². The van der Waals surface area contributed by atoms with Crippen molar-refractivity contribution in [3.8, 4) is 0 Å². The van der Waals surface area contributed by atoms with Crippen molar-refractivity contribution in [2.45, 2.75) is 5.16 Å². The van der Waals surface area contributed by atoms with Gasteiger partial charge in [0.1, 0.15) is 6.07 Å². The van der Waals surface area contributed by atoms with Crippen molar-refractivity contribution in [2.24, 2.45) is 0 Å². The molecule has 1 heterocycles. The van der Waals surface area contributed by atoms with Gasteiger partial charge in [0, 0.05) is 5.69 Å². The van der Waals surface area contributed by atoms with E-state index in [0.29, 0.717) is 16.8 Å². The van der Waals surface area contributed by atoms with E-state index in [1.807, 2.05) is 30.3 Å². The quantitative estimate of drug-likeness (QED) is 0.548. The number of benzene rings is 1. The summed E-state index contributed by atoms with van der Waals surface area (Å²) in [5.41, 5.74) is 12.0. The van der Waals surface area contributed by atoms with Crippen LogP contribution in [0, 0.1) is 0 Å². The average Bonchev–Trinajstić information content (AvgIpc) is 2.36. The van der Waals surface area contributed by atoms with Crippen molar-refractivity contribution < 1.29 is 14.8 Å². The zero-order chi connectivity index (χ0) is 13.7. The summed E-state index contributed by atoms with van der Waals surface area (Å²) < 4.78 is 0. The van der Waals surface area contributed by atoms with Gasteiger partial charge in [-0.05, 0) is 23.9 Å². The maximum atomic E-state index is 11.7. The third kappa shape index (κ3) is 4.14. The Balaban J connectivity index is 1.90. The number of hydrogen-bond acceptors (Lipinski definition) is 4. The molecule has 0 aliphatic rings. The van der Waals surface area contributed by atoms with Gasteiger partial charge < -0.3 is 11.1 Å². The van der Waals surface area contributed by atoms with E-state index in [0.717, 1.165) is 5.69 Å². The molecule has 98 valence electrons. The predicted octanol–water partition coefficient (Wildman–Crippen LogP) is 0.210. The zero-order valence-corrected chi connectivity index (χ0v) is 11.0. The summed E-state index contributed by atoms with van der Waals surface area (Å²) in [5, 5.41) is 3.43. The molecule has 0 saturated heterocycles. The van der Waals surface area contributed by atoms with Crippen molar-refractivity contribution in [3.05, 3.63) is 36.4 Å². The number of rotatable bonds is 4. The Morgan fingerprint density at radius 1 is 1.16 bits per heavy atom. The predicted molar refractivity (Wildman–Crippen MR) is 74.2 cm³/mol. The Hall–Kier alpha value is -2.28. The van der Waals surface area contributed by atoms with Crippen molar-refractivity contribution in [1.82, 2.24) is 0 Å². The highest BCUT2D eigenvalue weighted by Crippen LogP contribution is 2.10. The molecular weight excluding hydrogens is 262 g/mol. The molecular formula is C12H15N5OS+2. The molecule has 2 aromatic rings. The minimum absolute atomic E-state index is 0.0982. The molecule has 7 heteroatoms. The fraction of sp³-hybridized carbons (Fsp3) is 0.0833. The highest BCUT2D eigenvalue weighted by atomic mass is 32.2. The van der Waals surface area contributed by atoms with E-state index in [1.165, 1.54) is 11.8 Å². The van der Waals surface area contributed by atoms with Crippen molar-refractivity contribution in [2.75, 3.05) is 22.5 Å². The third-order valence-corrected chi connectivity index (χ3v) is 3.13. The van der Waals surface area contributed by atoms with E-state index in [2.05, 4.69) is 15.3 Å². The maximum Gasteiger partial charge on any atom is 0.375 e. The molecule has 2 rings (SSSR count). The molecule has 0 aliphatic heterocycles. The standard InChI is InChI=1S/C12H13N5OS/c13-9-6-10(14)17-12(16-9)19-7-11(18)15-8-4-2-1-3-5-8/h1-6H,7H2,(H,15,18)(H4,13,14,16,17)/p+2. The lowest BCUT2D eigenvalue weighted by molar-refractivity contribution is -0.590. The lowest BCUT2D eigenvalue weighted by Crippen LogP contribution is -2.28. The molecule has 0 spiro atoms. The van der Waals surface area contributed by atoms with Gasteiger partial charge in [-0.3, -0.25) is 10.5 Å². The summed E-state index contributed by atoms with van der Waals surface area (Å²) in [6.07, 6.45) is 0. The third-order valence-electron chi connectivity index (χ3n) is 2.23. The van der Waals surface area contributed by atoms with Crippen LogP contribution in [0.3, 0.4) is 0 Å². The first kappa shape index (κ1) is 13.2. The molecule has 19 heavy (non-hydrogen) atoms. The van der Waals surface area contributed by atoms with Gasteiger partial charge in [-0.1, -0.05) is 18.2 Å². The van der Waals surface area contributed by atoms with Gasteiger partial charge in [0.05, 0.1) is 5.75 Å². The number of aromatic nitrogens is 2. The fourth-order valence-corrected chi connectivity index (χ4v) is 2.19. The summed E-state index contributed by atoms with van der Waals surface area (Å²) in [4.78, 5) is 17.5. The van der Waals surface area contributed by atoms with E-state index in [1.54, 1.807) is 6.07 Å². The van der Waals surface area contributed by atoms with Crippen LogP contribution in [0.1, 0.15) is 0 Å². The first-order valence-electron chi connectivity index (χ1n) is 5.62. The van der Waals surface area contributed by atoms with Gasteiger partial charge in [-0.15, -0.1) is 0 Å². The van der Waals surface area contributed by atoms with E-state index < -0.39 is 0 Å². The number of anilines is 3. The van der Waals surface area contributed by atoms with Gasteiger partial charge in [0.25, 0.3) is 0 Å². The number of H-pyrrole nitrogens is 2. The number of nitrogens with two attached hydrogens (primary N) is 2. The average molecular weight is 277 g/mol. The van der Waals surface area contributed by atoms with Gasteiger partial charge in [-0.2, -0.15) is 9.97 Å². The zero-order valence-electron chi connectivity index (χ0n) is 10.1. The maximum absolute atomic E-state index is 11.7. The number of thioether (sulfide) groups is 1. The molecule has 0 bridgehead atoms. The Bertz CT molecular complexity index is 555. The number of aromatic amines is 2. The number of nitrogens with one attached hydrogen (secondary N) is 3. The number of hydrogen-bond donors (Lipinski definition) is 3. The summed E-state index contributed by atoms with van der Waals surface area (Å²) in [6, 6.07) is 10.9. The van der Waals surface area contributed by atoms with Gasteiger partial charge in [0.15, 0.2) is 0 Å². The molecule has 0 fully saturated rings. The highest BCUT2D eigenvalue weighted by molar-refractivity contribution is 7.99. The summed E-state index contributed by atoms with van der Waals surface area (Å²) in [6.45, 7) is 0. The largest absolute Gasteiger partial charge is 0.375 e. The van der Waals surface area contributed by atoms with Crippen LogP contribution >= 0.6 is 11.8 Å². The van der Waals surface area contributed by atoms with Crippen LogP contribution in [-0.4, -0.2) is 11.7 Å². The summed E-state index contributed by atoms with van der Waals surface area (Å²) >= 11 is 1.29. The smallest absolute Gasteiger partial charge is 0.359 e. The SMILES string of the molecule is Nc1cc(N)[nH+]c(SCC(=O)Nc2ccccc2)[nH+]1. The normalized spacial score (nSPS) is 10.1. The second-order valence-electron chi connectivity index (χ2n) is 3.84. The minimum atomic E-state index is -0.0982. The summed E-state index contributed by atoms with van der Waals surface area (Å²) in [5.74, 6) is 1.05.